The first-order chi connectivity index (χ1) is 11.7. The van der Waals surface area contributed by atoms with Gasteiger partial charge in [0, 0.05) is 18.7 Å². The molecule has 0 saturated heterocycles. The van der Waals surface area contributed by atoms with Crippen LogP contribution in [0.3, 0.4) is 0 Å². The highest BCUT2D eigenvalue weighted by molar-refractivity contribution is 7.80. The highest BCUT2D eigenvalue weighted by Crippen LogP contribution is 2.18. The van der Waals surface area contributed by atoms with Crippen molar-refractivity contribution in [1.82, 2.24) is 4.90 Å². The molecule has 0 bridgehead atoms. The number of halogens is 1. The van der Waals surface area contributed by atoms with E-state index in [2.05, 4.69) is 23.7 Å². The molecule has 0 saturated carbocycles. The first-order valence-electron chi connectivity index (χ1n) is 7.94. The third kappa shape index (κ3) is 5.05. The maximum atomic E-state index is 6.34. The molecule has 0 aliphatic rings. The number of hydrogen-bond acceptors (Lipinski definition) is 2. The molecular weight excluding hydrogens is 340 g/mol. The van der Waals surface area contributed by atoms with Gasteiger partial charge in [-0.15, -0.1) is 0 Å². The first kappa shape index (κ1) is 18.4. The Hall–Kier alpha value is -1.91. The lowest BCUT2D eigenvalue weighted by atomic mass is 10.2. The molecule has 0 spiro atoms. The molecule has 0 aliphatic carbocycles. The van der Waals surface area contributed by atoms with E-state index in [-0.39, 0.29) is 5.17 Å². The summed E-state index contributed by atoms with van der Waals surface area (Å²) in [6.45, 7) is 6.16. The minimum absolute atomic E-state index is 0.209. The molecule has 0 aromatic heterocycles. The van der Waals surface area contributed by atoms with Crippen molar-refractivity contribution in [2.75, 3.05) is 13.1 Å². The lowest BCUT2D eigenvalue weighted by molar-refractivity contribution is 0.296. The van der Waals surface area contributed by atoms with E-state index in [0.29, 0.717) is 11.6 Å². The van der Waals surface area contributed by atoms with Crippen LogP contribution >= 0.6 is 23.8 Å². The van der Waals surface area contributed by atoms with Crippen LogP contribution in [0.25, 0.3) is 0 Å². The number of aliphatic imine (C=N–C) groups is 1. The molecule has 0 radical (unpaired) electrons. The summed E-state index contributed by atoms with van der Waals surface area (Å²) in [5, 5.41) is 0.856. The van der Waals surface area contributed by atoms with E-state index < -0.39 is 0 Å². The number of amidine groups is 1. The Balaban J connectivity index is 2.21. The molecule has 0 unspecified atom stereocenters. The molecule has 0 heterocycles. The van der Waals surface area contributed by atoms with Gasteiger partial charge in [0.05, 0.1) is 5.02 Å². The standard InChI is InChI=1S/C19H21ClN2OS/c1-3-22(4-2)18(16-12-8-9-13-17(16)20)21-19(24)23-14-15-10-6-5-7-11-15/h5-13H,3-4,14H2,1-2H3. The lowest BCUT2D eigenvalue weighted by Crippen LogP contribution is -2.32. The summed E-state index contributed by atoms with van der Waals surface area (Å²) in [5.41, 5.74) is 1.91. The second-order valence-electron chi connectivity index (χ2n) is 5.13. The van der Waals surface area contributed by atoms with Crippen molar-refractivity contribution in [3.63, 3.8) is 0 Å². The molecule has 0 N–H and O–H groups in total. The van der Waals surface area contributed by atoms with Gasteiger partial charge in [-0.3, -0.25) is 0 Å². The Morgan fingerprint density at radius 3 is 2.29 bits per heavy atom. The summed E-state index contributed by atoms with van der Waals surface area (Å²) in [7, 11) is 0. The number of rotatable bonds is 5. The van der Waals surface area contributed by atoms with E-state index >= 15 is 0 Å². The number of hydrogen-bond donors (Lipinski definition) is 0. The first-order valence-corrected chi connectivity index (χ1v) is 8.73. The summed E-state index contributed by atoms with van der Waals surface area (Å²) < 4.78 is 5.63. The minimum Gasteiger partial charge on any atom is -0.465 e. The fourth-order valence-electron chi connectivity index (χ4n) is 2.31. The van der Waals surface area contributed by atoms with Crippen LogP contribution in [0, 0.1) is 0 Å². The van der Waals surface area contributed by atoms with Crippen molar-refractivity contribution in [3.8, 4) is 0 Å². The molecule has 2 rings (SSSR count). The lowest BCUT2D eigenvalue weighted by Gasteiger charge is -2.24. The van der Waals surface area contributed by atoms with Crippen molar-refractivity contribution in [2.24, 2.45) is 4.99 Å². The maximum absolute atomic E-state index is 6.34. The SMILES string of the molecule is CCN(CC)C(=NC(=S)OCc1ccccc1)c1ccccc1Cl. The fraction of sp³-hybridized carbons (Fsp3) is 0.263. The van der Waals surface area contributed by atoms with Crippen LogP contribution in [0.15, 0.2) is 59.6 Å². The average Bonchev–Trinajstić information content (AvgIpc) is 2.61. The van der Waals surface area contributed by atoms with Crippen LogP contribution in [-0.4, -0.2) is 29.0 Å². The van der Waals surface area contributed by atoms with Gasteiger partial charge in [-0.1, -0.05) is 54.1 Å². The largest absolute Gasteiger partial charge is 0.465 e. The van der Waals surface area contributed by atoms with Crippen LogP contribution < -0.4 is 0 Å². The van der Waals surface area contributed by atoms with Gasteiger partial charge in [-0.2, -0.15) is 4.99 Å². The number of nitrogens with zero attached hydrogens (tertiary/aromatic N) is 2. The van der Waals surface area contributed by atoms with Gasteiger partial charge in [0.1, 0.15) is 12.4 Å². The topological polar surface area (TPSA) is 24.8 Å². The fourth-order valence-corrected chi connectivity index (χ4v) is 2.67. The Kier molecular flexibility index (Phi) is 7.22. The third-order valence-corrected chi connectivity index (χ3v) is 4.12. The van der Waals surface area contributed by atoms with Gasteiger partial charge < -0.3 is 9.64 Å². The smallest absolute Gasteiger partial charge is 0.285 e. The van der Waals surface area contributed by atoms with Crippen LogP contribution in [-0.2, 0) is 11.3 Å². The molecule has 0 amide bonds. The van der Waals surface area contributed by atoms with Crippen LogP contribution in [0.5, 0.6) is 0 Å². The Labute approximate surface area is 153 Å². The highest BCUT2D eigenvalue weighted by atomic mass is 35.5. The molecule has 0 fully saturated rings. The number of thiocarbonyl (C=S) groups is 1. The van der Waals surface area contributed by atoms with Crippen LogP contribution in [0.1, 0.15) is 25.0 Å². The minimum atomic E-state index is 0.209. The van der Waals surface area contributed by atoms with Gasteiger partial charge in [0.15, 0.2) is 0 Å². The molecule has 24 heavy (non-hydrogen) atoms. The number of benzene rings is 2. The monoisotopic (exact) mass is 360 g/mol. The second kappa shape index (κ2) is 9.40. The summed E-state index contributed by atoms with van der Waals surface area (Å²) in [6, 6.07) is 17.5. The maximum Gasteiger partial charge on any atom is 0.285 e. The molecule has 3 nitrogen and oxygen atoms in total. The zero-order valence-electron chi connectivity index (χ0n) is 13.9. The molecule has 0 atom stereocenters. The van der Waals surface area contributed by atoms with E-state index in [4.69, 9.17) is 28.6 Å². The molecule has 126 valence electrons. The predicted octanol–water partition coefficient (Wildman–Crippen LogP) is 4.93. The van der Waals surface area contributed by atoms with E-state index in [1.807, 2.05) is 54.6 Å². The van der Waals surface area contributed by atoms with Crippen LogP contribution in [0.2, 0.25) is 5.02 Å². The van der Waals surface area contributed by atoms with E-state index in [9.17, 15) is 0 Å². The van der Waals surface area contributed by atoms with Crippen molar-refractivity contribution >= 4 is 34.8 Å². The third-order valence-electron chi connectivity index (χ3n) is 3.58. The van der Waals surface area contributed by atoms with Crippen LogP contribution in [0.4, 0.5) is 0 Å². The summed E-state index contributed by atoms with van der Waals surface area (Å²) in [4.78, 5) is 6.64. The van der Waals surface area contributed by atoms with E-state index in [1.54, 1.807) is 0 Å². The molecule has 0 aliphatic heterocycles. The second-order valence-corrected chi connectivity index (χ2v) is 5.88. The molecular formula is C19H21ClN2OS. The number of ether oxygens (including phenoxy) is 1. The van der Waals surface area contributed by atoms with Crippen molar-refractivity contribution in [2.45, 2.75) is 20.5 Å². The van der Waals surface area contributed by atoms with E-state index in [1.165, 1.54) is 0 Å². The van der Waals surface area contributed by atoms with Gasteiger partial charge in [-0.25, -0.2) is 0 Å². The quantitative estimate of drug-likeness (QED) is 0.429. The Morgan fingerprint density at radius 1 is 1.04 bits per heavy atom. The normalized spacial score (nSPS) is 11.2. The zero-order valence-corrected chi connectivity index (χ0v) is 15.5. The Bertz CT molecular complexity index is 700. The van der Waals surface area contributed by atoms with Crippen molar-refractivity contribution in [1.29, 1.82) is 0 Å². The van der Waals surface area contributed by atoms with Gasteiger partial charge in [0.25, 0.3) is 5.17 Å². The summed E-state index contributed by atoms with van der Waals surface area (Å²) >= 11 is 11.7. The average molecular weight is 361 g/mol. The summed E-state index contributed by atoms with van der Waals surface area (Å²) in [6.07, 6.45) is 0. The van der Waals surface area contributed by atoms with Crippen molar-refractivity contribution in [3.05, 3.63) is 70.7 Å². The van der Waals surface area contributed by atoms with Gasteiger partial charge >= 0.3 is 0 Å². The molecule has 2 aromatic rings. The summed E-state index contributed by atoms with van der Waals surface area (Å²) in [5.74, 6) is 0.740. The van der Waals surface area contributed by atoms with Gasteiger partial charge in [-0.05, 0) is 43.8 Å². The Morgan fingerprint density at radius 2 is 1.67 bits per heavy atom. The van der Waals surface area contributed by atoms with Crippen molar-refractivity contribution < 1.29 is 4.74 Å². The zero-order chi connectivity index (χ0) is 17.4. The highest BCUT2D eigenvalue weighted by Gasteiger charge is 2.15. The van der Waals surface area contributed by atoms with E-state index in [0.717, 1.165) is 30.1 Å². The van der Waals surface area contributed by atoms with Gasteiger partial charge in [0.2, 0.25) is 0 Å². The predicted molar refractivity (Wildman–Crippen MR) is 105 cm³/mol. The molecule has 5 heteroatoms. The molecule has 2 aromatic carbocycles.